The first-order valence-electron chi connectivity index (χ1n) is 3.46. The average Bonchev–Trinajstić information content (AvgIpc) is 2.28. The van der Waals surface area contributed by atoms with Crippen LogP contribution < -0.4 is 0 Å². The number of imidazole rings is 1. The lowest BCUT2D eigenvalue weighted by Gasteiger charge is -1.94. The first kappa shape index (κ1) is 8.20. The van der Waals surface area contributed by atoms with Gasteiger partial charge in [0.2, 0.25) is 5.91 Å². The van der Waals surface area contributed by atoms with E-state index in [1.165, 1.54) is 4.57 Å². The predicted molar refractivity (Wildman–Crippen MR) is 45.3 cm³/mol. The van der Waals surface area contributed by atoms with Crippen molar-refractivity contribution in [2.24, 2.45) is 0 Å². The van der Waals surface area contributed by atoms with E-state index in [1.54, 1.807) is 6.20 Å². The second-order valence-electron chi connectivity index (χ2n) is 2.36. The highest BCUT2D eigenvalue weighted by Crippen LogP contribution is 1.98. The molecular formula is C7H10N2OS. The number of H-pyrrole nitrogens is 1. The van der Waals surface area contributed by atoms with Gasteiger partial charge in [-0.05, 0) is 19.1 Å². The van der Waals surface area contributed by atoms with Crippen LogP contribution in [0.25, 0.3) is 0 Å². The third kappa shape index (κ3) is 1.57. The Labute approximate surface area is 70.1 Å². The minimum atomic E-state index is 0.0272. The third-order valence-electron chi connectivity index (χ3n) is 1.42. The van der Waals surface area contributed by atoms with E-state index < -0.39 is 0 Å². The normalized spacial score (nSPS) is 10.0. The van der Waals surface area contributed by atoms with Crippen LogP contribution in [-0.4, -0.2) is 15.5 Å². The van der Waals surface area contributed by atoms with Crippen LogP contribution in [0.15, 0.2) is 6.20 Å². The number of carbonyl (C=O) groups excluding carboxylic acids is 1. The zero-order valence-electron chi connectivity index (χ0n) is 6.55. The maximum atomic E-state index is 11.1. The molecule has 0 atom stereocenters. The van der Waals surface area contributed by atoms with Crippen molar-refractivity contribution in [3.8, 4) is 0 Å². The zero-order valence-corrected chi connectivity index (χ0v) is 7.36. The summed E-state index contributed by atoms with van der Waals surface area (Å²) in [6.07, 6.45) is 2.19. The lowest BCUT2D eigenvalue weighted by Crippen LogP contribution is -2.07. The quantitative estimate of drug-likeness (QED) is 0.654. The molecule has 3 nitrogen and oxygen atoms in total. The van der Waals surface area contributed by atoms with Gasteiger partial charge in [-0.15, -0.1) is 0 Å². The van der Waals surface area contributed by atoms with Gasteiger partial charge in [0.1, 0.15) is 0 Å². The minimum Gasteiger partial charge on any atom is -0.334 e. The largest absolute Gasteiger partial charge is 0.334 e. The van der Waals surface area contributed by atoms with E-state index in [4.69, 9.17) is 12.2 Å². The summed E-state index contributed by atoms with van der Waals surface area (Å²) in [6, 6.07) is 0. The molecule has 0 radical (unpaired) electrons. The molecule has 0 unspecified atom stereocenters. The molecule has 0 aromatic carbocycles. The van der Waals surface area contributed by atoms with E-state index in [1.807, 2.05) is 13.8 Å². The van der Waals surface area contributed by atoms with E-state index in [2.05, 4.69) is 4.98 Å². The molecule has 1 N–H and O–H groups in total. The summed E-state index contributed by atoms with van der Waals surface area (Å²) in [5, 5.41) is 0. The number of rotatable bonds is 1. The summed E-state index contributed by atoms with van der Waals surface area (Å²) in [4.78, 5) is 14.0. The number of hydrogen-bond donors (Lipinski definition) is 1. The van der Waals surface area contributed by atoms with Crippen LogP contribution >= 0.6 is 12.2 Å². The van der Waals surface area contributed by atoms with Crippen LogP contribution in [0, 0.1) is 11.7 Å². The topological polar surface area (TPSA) is 37.8 Å². The van der Waals surface area contributed by atoms with Gasteiger partial charge in [0.25, 0.3) is 0 Å². The van der Waals surface area contributed by atoms with Crippen LogP contribution in [-0.2, 0) is 0 Å². The Hall–Kier alpha value is -0.900. The van der Waals surface area contributed by atoms with Gasteiger partial charge in [0.05, 0.1) is 0 Å². The van der Waals surface area contributed by atoms with Crippen molar-refractivity contribution in [1.82, 2.24) is 9.55 Å². The summed E-state index contributed by atoms with van der Waals surface area (Å²) in [5.41, 5.74) is 0.914. The molecule has 0 aliphatic rings. The van der Waals surface area contributed by atoms with Crippen molar-refractivity contribution >= 4 is 18.1 Å². The first-order chi connectivity index (χ1) is 5.15. The van der Waals surface area contributed by atoms with Crippen molar-refractivity contribution in [3.63, 3.8) is 0 Å². The summed E-state index contributed by atoms with van der Waals surface area (Å²) in [5.74, 6) is 0.0272. The average molecular weight is 170 g/mol. The fourth-order valence-electron chi connectivity index (χ4n) is 0.869. The fraction of sp³-hybridized carbons (Fsp3) is 0.429. The van der Waals surface area contributed by atoms with E-state index in [-0.39, 0.29) is 5.91 Å². The molecule has 0 saturated heterocycles. The Morgan fingerprint density at radius 3 is 2.82 bits per heavy atom. The molecule has 11 heavy (non-hydrogen) atoms. The van der Waals surface area contributed by atoms with Crippen LogP contribution in [0.4, 0.5) is 0 Å². The number of aryl methyl sites for hydroxylation is 1. The van der Waals surface area contributed by atoms with Crippen molar-refractivity contribution < 1.29 is 4.79 Å². The molecule has 0 fully saturated rings. The Balaban J connectivity index is 3.13. The summed E-state index contributed by atoms with van der Waals surface area (Å²) >= 11 is 4.90. The van der Waals surface area contributed by atoms with E-state index in [0.29, 0.717) is 11.2 Å². The highest BCUT2D eigenvalue weighted by atomic mass is 32.1. The molecule has 0 aliphatic heterocycles. The van der Waals surface area contributed by atoms with Gasteiger partial charge in [-0.1, -0.05) is 6.92 Å². The molecule has 0 saturated carbocycles. The maximum absolute atomic E-state index is 11.1. The summed E-state index contributed by atoms with van der Waals surface area (Å²) < 4.78 is 1.94. The van der Waals surface area contributed by atoms with Crippen molar-refractivity contribution in [1.29, 1.82) is 0 Å². The maximum Gasteiger partial charge on any atom is 0.232 e. The number of aromatic nitrogens is 2. The molecule has 1 aromatic rings. The first-order valence-corrected chi connectivity index (χ1v) is 3.87. The van der Waals surface area contributed by atoms with Crippen molar-refractivity contribution in [3.05, 3.63) is 16.7 Å². The number of nitrogens with one attached hydrogen (secondary N) is 1. The smallest absolute Gasteiger partial charge is 0.232 e. The van der Waals surface area contributed by atoms with Gasteiger partial charge in [-0.25, -0.2) is 0 Å². The Bertz CT molecular complexity index is 323. The summed E-state index contributed by atoms with van der Waals surface area (Å²) in [7, 11) is 0. The molecule has 0 spiro atoms. The standard InChI is InChI=1S/C7H10N2OS/c1-3-6(10)9-4-5(2)8-7(9)11/h4H,3H2,1-2H3,(H,8,11). The predicted octanol–water partition coefficient (Wildman–Crippen LogP) is 1.90. The van der Waals surface area contributed by atoms with Gasteiger partial charge in [-0.2, -0.15) is 0 Å². The fourth-order valence-corrected chi connectivity index (χ4v) is 1.18. The van der Waals surface area contributed by atoms with E-state index in [0.717, 1.165) is 5.69 Å². The Morgan fingerprint density at radius 1 is 1.82 bits per heavy atom. The van der Waals surface area contributed by atoms with Gasteiger partial charge in [0, 0.05) is 18.3 Å². The highest BCUT2D eigenvalue weighted by Gasteiger charge is 2.02. The minimum absolute atomic E-state index is 0.0272. The van der Waals surface area contributed by atoms with E-state index >= 15 is 0 Å². The monoisotopic (exact) mass is 170 g/mol. The highest BCUT2D eigenvalue weighted by molar-refractivity contribution is 7.71. The van der Waals surface area contributed by atoms with Crippen LogP contribution in [0.1, 0.15) is 23.8 Å². The molecule has 0 bridgehead atoms. The third-order valence-corrected chi connectivity index (χ3v) is 1.72. The van der Waals surface area contributed by atoms with Crippen LogP contribution in [0.2, 0.25) is 0 Å². The van der Waals surface area contributed by atoms with Gasteiger partial charge < -0.3 is 4.98 Å². The number of hydrogen-bond acceptors (Lipinski definition) is 2. The second-order valence-corrected chi connectivity index (χ2v) is 2.75. The van der Waals surface area contributed by atoms with Crippen molar-refractivity contribution in [2.75, 3.05) is 0 Å². The lowest BCUT2D eigenvalue weighted by atomic mass is 10.4. The molecule has 4 heteroatoms. The molecule has 0 amide bonds. The van der Waals surface area contributed by atoms with E-state index in [9.17, 15) is 4.79 Å². The lowest BCUT2D eigenvalue weighted by molar-refractivity contribution is 0.0907. The number of aromatic amines is 1. The summed E-state index contributed by atoms with van der Waals surface area (Å²) in [6.45, 7) is 3.68. The number of nitrogens with zero attached hydrogens (tertiary/aromatic N) is 1. The Morgan fingerprint density at radius 2 is 2.45 bits per heavy atom. The second kappa shape index (κ2) is 3.00. The number of carbonyl (C=O) groups is 1. The van der Waals surface area contributed by atoms with Crippen molar-refractivity contribution in [2.45, 2.75) is 20.3 Å². The zero-order chi connectivity index (χ0) is 8.43. The molecule has 1 rings (SSSR count). The SMILES string of the molecule is CCC(=O)n1cc(C)[nH]c1=S. The van der Waals surface area contributed by atoms with Gasteiger partial charge in [0.15, 0.2) is 4.77 Å². The van der Waals surface area contributed by atoms with Crippen LogP contribution in [0.3, 0.4) is 0 Å². The molecule has 0 aliphatic carbocycles. The molecular weight excluding hydrogens is 160 g/mol. The molecule has 60 valence electrons. The van der Waals surface area contributed by atoms with Gasteiger partial charge >= 0.3 is 0 Å². The van der Waals surface area contributed by atoms with Crippen LogP contribution in [0.5, 0.6) is 0 Å². The molecule has 1 heterocycles. The Kier molecular flexibility index (Phi) is 2.24. The molecule has 1 aromatic heterocycles. The van der Waals surface area contributed by atoms with Gasteiger partial charge in [-0.3, -0.25) is 9.36 Å².